The van der Waals surface area contributed by atoms with Crippen molar-refractivity contribution in [2.75, 3.05) is 11.1 Å². The Labute approximate surface area is 130 Å². The molecule has 0 aliphatic rings. The number of anilines is 2. The molecule has 3 aromatic rings. The van der Waals surface area contributed by atoms with E-state index in [1.54, 1.807) is 24.4 Å². The fourth-order valence-corrected chi connectivity index (χ4v) is 2.38. The lowest BCUT2D eigenvalue weighted by Gasteiger charge is -2.11. The van der Waals surface area contributed by atoms with Gasteiger partial charge in [-0.3, -0.25) is 5.32 Å². The molecule has 1 heterocycles. The van der Waals surface area contributed by atoms with Crippen molar-refractivity contribution >= 4 is 33.9 Å². The molecule has 3 rings (SSSR count). The van der Waals surface area contributed by atoms with Crippen LogP contribution < -0.4 is 11.1 Å². The van der Waals surface area contributed by atoms with E-state index in [0.29, 0.717) is 10.9 Å². The Kier molecular flexibility index (Phi) is 3.37. The molecule has 0 fully saturated rings. The third-order valence-electron chi connectivity index (χ3n) is 3.20. The quantitative estimate of drug-likeness (QED) is 0.288. The minimum Gasteiger partial charge on any atom is -0.505 e. The number of nitrogens with one attached hydrogen (secondary N) is 1. The summed E-state index contributed by atoms with van der Waals surface area (Å²) in [5.74, 6) is 0.0128. The zero-order chi connectivity index (χ0) is 15.7. The number of hydrogen-bond acceptors (Lipinski definition) is 7. The van der Waals surface area contributed by atoms with Gasteiger partial charge in [0.1, 0.15) is 16.5 Å². The minimum atomic E-state index is -0.0578. The van der Waals surface area contributed by atoms with Crippen LogP contribution in [-0.4, -0.2) is 20.5 Å². The first kappa shape index (κ1) is 13.9. The van der Waals surface area contributed by atoms with Crippen LogP contribution in [0.2, 0.25) is 5.02 Å². The number of nitrogen functional groups attached to an aromatic ring is 1. The van der Waals surface area contributed by atoms with Crippen LogP contribution >= 0.6 is 11.6 Å². The van der Waals surface area contributed by atoms with E-state index in [2.05, 4.69) is 20.7 Å². The Hall–Kier alpha value is -3.11. The van der Waals surface area contributed by atoms with E-state index < -0.39 is 0 Å². The highest BCUT2D eigenvalue weighted by molar-refractivity contribution is 6.35. The number of halogens is 1. The maximum Gasteiger partial charge on any atom is 0.184 e. The van der Waals surface area contributed by atoms with Gasteiger partial charge in [0.15, 0.2) is 12.0 Å². The molecule has 0 aliphatic heterocycles. The number of phenolic OH excluding ortho intramolecular Hbond substituents is 1. The molecule has 0 spiro atoms. The number of hydrogen-bond donors (Lipinski definition) is 3. The molecule has 0 amide bonds. The zero-order valence-corrected chi connectivity index (χ0v) is 11.8. The Morgan fingerprint density at radius 3 is 2.82 bits per heavy atom. The molecule has 0 saturated carbocycles. The average Bonchev–Trinajstić information content (AvgIpc) is 2.53. The van der Waals surface area contributed by atoms with E-state index in [1.807, 2.05) is 12.1 Å². The van der Waals surface area contributed by atoms with Gasteiger partial charge >= 0.3 is 0 Å². The molecule has 1 aromatic heterocycles. The molecule has 4 N–H and O–H groups in total. The van der Waals surface area contributed by atoms with Crippen LogP contribution in [0.4, 0.5) is 11.5 Å². The van der Waals surface area contributed by atoms with Gasteiger partial charge < -0.3 is 10.8 Å². The number of nitriles is 1. The van der Waals surface area contributed by atoms with Crippen LogP contribution in [-0.2, 0) is 0 Å². The number of fused-ring (bicyclic) bond motifs is 1. The second-order valence-electron chi connectivity index (χ2n) is 4.44. The summed E-state index contributed by atoms with van der Waals surface area (Å²) in [6.45, 7) is 0. The van der Waals surface area contributed by atoms with Crippen LogP contribution in [0.15, 0.2) is 30.3 Å². The maximum absolute atomic E-state index is 10.3. The van der Waals surface area contributed by atoms with Crippen LogP contribution in [0, 0.1) is 11.5 Å². The second kappa shape index (κ2) is 5.35. The van der Waals surface area contributed by atoms with Crippen molar-refractivity contribution in [3.63, 3.8) is 0 Å². The molecule has 0 bridgehead atoms. The van der Waals surface area contributed by atoms with Crippen molar-refractivity contribution in [2.24, 2.45) is 0 Å². The smallest absolute Gasteiger partial charge is 0.184 e. The summed E-state index contributed by atoms with van der Waals surface area (Å²) < 4.78 is 0. The summed E-state index contributed by atoms with van der Waals surface area (Å²) in [4.78, 5) is 0. The van der Waals surface area contributed by atoms with Crippen LogP contribution in [0.5, 0.6) is 5.75 Å². The molecule has 0 atom stereocenters. The largest absolute Gasteiger partial charge is 0.505 e. The Morgan fingerprint density at radius 1 is 1.27 bits per heavy atom. The van der Waals surface area contributed by atoms with E-state index >= 15 is 0 Å². The molecule has 108 valence electrons. The first-order valence-corrected chi connectivity index (χ1v) is 6.55. The van der Waals surface area contributed by atoms with E-state index in [4.69, 9.17) is 22.6 Å². The standard InChI is InChI=1S/C14H9ClN6O/c15-10-12(19-21-20-14(10)18-6-16)9-5-7-3-1-2-4-8(7)13(22)11(9)17/h1-5,22H,17H2,(H,18,19,20). The number of rotatable bonds is 2. The number of nitrogens with two attached hydrogens (primary N) is 1. The third-order valence-corrected chi connectivity index (χ3v) is 3.55. The van der Waals surface area contributed by atoms with Crippen LogP contribution in [0.3, 0.4) is 0 Å². The Bertz CT molecular complexity index is 921. The van der Waals surface area contributed by atoms with Gasteiger partial charge in [0, 0.05) is 10.9 Å². The molecule has 22 heavy (non-hydrogen) atoms. The summed E-state index contributed by atoms with van der Waals surface area (Å²) >= 11 is 6.18. The Morgan fingerprint density at radius 2 is 2.05 bits per heavy atom. The van der Waals surface area contributed by atoms with Crippen molar-refractivity contribution in [3.05, 3.63) is 35.4 Å². The molecule has 0 radical (unpaired) electrons. The highest BCUT2D eigenvalue weighted by Crippen LogP contribution is 2.41. The maximum atomic E-state index is 10.3. The third kappa shape index (κ3) is 2.12. The molecule has 0 aliphatic carbocycles. The predicted molar refractivity (Wildman–Crippen MR) is 83.1 cm³/mol. The van der Waals surface area contributed by atoms with Crippen LogP contribution in [0.25, 0.3) is 22.0 Å². The number of nitrogens with zero attached hydrogens (tertiary/aromatic N) is 4. The van der Waals surface area contributed by atoms with Crippen molar-refractivity contribution in [1.29, 1.82) is 5.26 Å². The number of benzene rings is 2. The molecule has 8 heteroatoms. The normalized spacial score (nSPS) is 10.4. The van der Waals surface area contributed by atoms with Gasteiger partial charge in [-0.05, 0) is 16.7 Å². The average molecular weight is 313 g/mol. The van der Waals surface area contributed by atoms with Gasteiger partial charge in [0.2, 0.25) is 0 Å². The highest BCUT2D eigenvalue weighted by atomic mass is 35.5. The van der Waals surface area contributed by atoms with Crippen molar-refractivity contribution in [2.45, 2.75) is 0 Å². The minimum absolute atomic E-state index is 0.0578. The molecule has 0 saturated heterocycles. The lowest BCUT2D eigenvalue weighted by Crippen LogP contribution is -2.02. The fourth-order valence-electron chi connectivity index (χ4n) is 2.16. The van der Waals surface area contributed by atoms with E-state index in [-0.39, 0.29) is 28.0 Å². The Balaban J connectivity index is 2.30. The number of aromatic hydroxyl groups is 1. The molecular formula is C14H9ClN6O. The lowest BCUT2D eigenvalue weighted by atomic mass is 10.0. The van der Waals surface area contributed by atoms with Crippen LogP contribution in [0.1, 0.15) is 0 Å². The summed E-state index contributed by atoms with van der Waals surface area (Å²) in [6, 6.07) is 8.97. The second-order valence-corrected chi connectivity index (χ2v) is 4.82. The van der Waals surface area contributed by atoms with Crippen molar-refractivity contribution in [3.8, 4) is 23.2 Å². The first-order valence-electron chi connectivity index (χ1n) is 6.18. The molecule has 2 aromatic carbocycles. The molecular weight excluding hydrogens is 304 g/mol. The van der Waals surface area contributed by atoms with Gasteiger partial charge in [-0.2, -0.15) is 5.26 Å². The van der Waals surface area contributed by atoms with Gasteiger partial charge in [-0.25, -0.2) is 0 Å². The monoisotopic (exact) mass is 312 g/mol. The predicted octanol–water partition coefficient (Wildman–Crippen LogP) is 2.53. The van der Waals surface area contributed by atoms with Gasteiger partial charge in [-0.1, -0.05) is 35.9 Å². The van der Waals surface area contributed by atoms with Gasteiger partial charge in [0.25, 0.3) is 0 Å². The molecule has 7 nitrogen and oxygen atoms in total. The van der Waals surface area contributed by atoms with E-state index in [9.17, 15) is 5.11 Å². The lowest BCUT2D eigenvalue weighted by molar-refractivity contribution is 0.484. The zero-order valence-electron chi connectivity index (χ0n) is 11.1. The number of phenols is 1. The summed E-state index contributed by atoms with van der Waals surface area (Å²) in [6.07, 6.45) is 1.71. The van der Waals surface area contributed by atoms with E-state index in [1.165, 1.54) is 0 Å². The van der Waals surface area contributed by atoms with Crippen molar-refractivity contribution in [1.82, 2.24) is 15.4 Å². The SMILES string of the molecule is N#CNc1nnnc(-c2cc3ccccc3c(O)c2N)c1Cl. The summed E-state index contributed by atoms with van der Waals surface area (Å²) in [5.41, 5.74) is 6.76. The first-order chi connectivity index (χ1) is 10.6. The van der Waals surface area contributed by atoms with E-state index in [0.717, 1.165) is 5.39 Å². The highest BCUT2D eigenvalue weighted by Gasteiger charge is 2.18. The fraction of sp³-hybridized carbons (Fsp3) is 0. The summed E-state index contributed by atoms with van der Waals surface area (Å²) in [7, 11) is 0. The number of aromatic nitrogens is 3. The summed E-state index contributed by atoms with van der Waals surface area (Å²) in [5, 5.41) is 33.8. The topological polar surface area (TPSA) is 121 Å². The van der Waals surface area contributed by atoms with Crippen molar-refractivity contribution < 1.29 is 5.11 Å². The molecule has 0 unspecified atom stereocenters. The van der Waals surface area contributed by atoms with Gasteiger partial charge in [0.05, 0.1) is 5.69 Å². The van der Waals surface area contributed by atoms with Gasteiger partial charge in [-0.15, -0.1) is 10.2 Å².